The maximum absolute atomic E-state index is 14.6. The fourth-order valence-corrected chi connectivity index (χ4v) is 5.85. The molecule has 3 aromatic carbocycles. The van der Waals surface area contributed by atoms with Crippen molar-refractivity contribution < 1.29 is 4.79 Å². The van der Waals surface area contributed by atoms with Crippen molar-refractivity contribution in [2.45, 2.75) is 20.8 Å². The summed E-state index contributed by atoms with van der Waals surface area (Å²) in [6.07, 6.45) is 6.23. The second kappa shape index (κ2) is 8.76. The SMILES string of the molecule is CC1=CC2C(c3ccccc3)=C(c3ccccc3)N(c3c(C)ccc4cccnc34)C(=O)C2C(C)=C1. The van der Waals surface area contributed by atoms with Crippen molar-refractivity contribution in [2.75, 3.05) is 4.90 Å². The van der Waals surface area contributed by atoms with E-state index in [1.807, 2.05) is 41.4 Å². The highest BCUT2D eigenvalue weighted by atomic mass is 16.2. The number of benzene rings is 3. The molecule has 0 N–H and O–H groups in total. The number of aryl methyl sites for hydroxylation is 1. The first-order valence-electron chi connectivity index (χ1n) is 12.4. The molecule has 2 heterocycles. The molecule has 0 spiro atoms. The molecule has 1 aliphatic heterocycles. The summed E-state index contributed by atoms with van der Waals surface area (Å²) < 4.78 is 0. The molecule has 6 rings (SSSR count). The van der Waals surface area contributed by atoms with E-state index in [1.165, 1.54) is 11.1 Å². The number of carbonyl (C=O) groups excluding carboxylic acids is 1. The average Bonchev–Trinajstić information content (AvgIpc) is 2.89. The zero-order valence-corrected chi connectivity index (χ0v) is 20.8. The fraction of sp³-hybridized carbons (Fsp3) is 0.152. The summed E-state index contributed by atoms with van der Waals surface area (Å²) in [5.74, 6) is -0.216. The normalized spacial score (nSPS) is 19.8. The molecule has 0 radical (unpaired) electrons. The van der Waals surface area contributed by atoms with Gasteiger partial charge in [0.25, 0.3) is 0 Å². The minimum atomic E-state index is -0.269. The molecular formula is C33H28N2O. The molecule has 0 saturated carbocycles. The van der Waals surface area contributed by atoms with Crippen LogP contribution in [-0.2, 0) is 4.79 Å². The third kappa shape index (κ3) is 3.51. The number of anilines is 1. The lowest BCUT2D eigenvalue weighted by Crippen LogP contribution is -2.45. The Morgan fingerprint density at radius 3 is 2.19 bits per heavy atom. The number of hydrogen-bond acceptors (Lipinski definition) is 2. The number of fused-ring (bicyclic) bond motifs is 2. The molecule has 1 aromatic heterocycles. The first kappa shape index (κ1) is 22.2. The molecule has 2 unspecified atom stereocenters. The molecule has 3 heteroatoms. The van der Waals surface area contributed by atoms with Crippen LogP contribution < -0.4 is 4.90 Å². The van der Waals surface area contributed by atoms with Crippen LogP contribution in [0.25, 0.3) is 22.2 Å². The molecule has 0 fully saturated rings. The number of carbonyl (C=O) groups is 1. The van der Waals surface area contributed by atoms with Crippen LogP contribution in [0.1, 0.15) is 30.5 Å². The van der Waals surface area contributed by atoms with Gasteiger partial charge in [-0.05, 0) is 49.1 Å². The van der Waals surface area contributed by atoms with E-state index >= 15 is 0 Å². The van der Waals surface area contributed by atoms with Crippen molar-refractivity contribution in [1.82, 2.24) is 4.98 Å². The van der Waals surface area contributed by atoms with Gasteiger partial charge in [0.15, 0.2) is 0 Å². The Kier molecular flexibility index (Phi) is 5.41. The van der Waals surface area contributed by atoms with Crippen LogP contribution in [0, 0.1) is 18.8 Å². The highest BCUT2D eigenvalue weighted by molar-refractivity contribution is 6.20. The van der Waals surface area contributed by atoms with Gasteiger partial charge >= 0.3 is 0 Å². The summed E-state index contributed by atoms with van der Waals surface area (Å²) in [4.78, 5) is 21.4. The minimum absolute atomic E-state index is 0.0420. The molecule has 0 saturated heterocycles. The van der Waals surface area contributed by atoms with Crippen LogP contribution in [0.3, 0.4) is 0 Å². The summed E-state index contributed by atoms with van der Waals surface area (Å²) >= 11 is 0. The molecule has 36 heavy (non-hydrogen) atoms. The quantitative estimate of drug-likeness (QED) is 0.310. The molecule has 3 nitrogen and oxygen atoms in total. The predicted octanol–water partition coefficient (Wildman–Crippen LogP) is 7.60. The molecule has 2 atom stereocenters. The van der Waals surface area contributed by atoms with E-state index in [4.69, 9.17) is 4.98 Å². The van der Waals surface area contributed by atoms with E-state index in [2.05, 4.69) is 87.5 Å². The van der Waals surface area contributed by atoms with Gasteiger partial charge in [-0.25, -0.2) is 0 Å². The van der Waals surface area contributed by atoms with E-state index < -0.39 is 0 Å². The number of amides is 1. The van der Waals surface area contributed by atoms with Crippen LogP contribution in [0.5, 0.6) is 0 Å². The fourth-order valence-electron chi connectivity index (χ4n) is 5.85. The predicted molar refractivity (Wildman–Crippen MR) is 148 cm³/mol. The zero-order chi connectivity index (χ0) is 24.8. The standard InChI is InChI=1S/C33H28N2O/c1-21-19-23(3)28-27(20-21)29(24-11-6-4-7-12-24)32(26-13-8-5-9-14-26)35(33(28)36)31-22(2)16-17-25-15-10-18-34-30(25)31/h4-20,27-28H,1-3H3. The van der Waals surface area contributed by atoms with Gasteiger partial charge in [0, 0.05) is 17.5 Å². The topological polar surface area (TPSA) is 33.2 Å². The smallest absolute Gasteiger partial charge is 0.239 e. The van der Waals surface area contributed by atoms with Gasteiger partial charge < -0.3 is 0 Å². The Morgan fingerprint density at radius 1 is 0.778 bits per heavy atom. The van der Waals surface area contributed by atoms with Crippen molar-refractivity contribution in [3.63, 3.8) is 0 Å². The van der Waals surface area contributed by atoms with Crippen molar-refractivity contribution in [3.8, 4) is 0 Å². The third-order valence-electron chi connectivity index (χ3n) is 7.35. The van der Waals surface area contributed by atoms with Gasteiger partial charge in [-0.3, -0.25) is 14.7 Å². The first-order valence-corrected chi connectivity index (χ1v) is 12.4. The molecule has 0 bridgehead atoms. The Morgan fingerprint density at radius 2 is 1.47 bits per heavy atom. The van der Waals surface area contributed by atoms with Crippen LogP contribution >= 0.6 is 0 Å². The van der Waals surface area contributed by atoms with Crippen molar-refractivity contribution >= 4 is 33.8 Å². The van der Waals surface area contributed by atoms with Gasteiger partial charge in [-0.2, -0.15) is 0 Å². The average molecular weight is 469 g/mol. The molecule has 1 aliphatic carbocycles. The van der Waals surface area contributed by atoms with Gasteiger partial charge in [0.2, 0.25) is 5.91 Å². The van der Waals surface area contributed by atoms with Crippen LogP contribution in [0.2, 0.25) is 0 Å². The number of nitrogens with zero attached hydrogens (tertiary/aromatic N) is 2. The molecular weight excluding hydrogens is 440 g/mol. The monoisotopic (exact) mass is 468 g/mol. The van der Waals surface area contributed by atoms with Crippen LogP contribution in [-0.4, -0.2) is 10.9 Å². The number of hydrogen-bond donors (Lipinski definition) is 0. The van der Waals surface area contributed by atoms with Gasteiger partial charge in [0.1, 0.15) is 0 Å². The Hall–Kier alpha value is -4.24. The number of allylic oxidation sites excluding steroid dienone is 4. The van der Waals surface area contributed by atoms with Crippen molar-refractivity contribution in [3.05, 3.63) is 131 Å². The molecule has 176 valence electrons. The highest BCUT2D eigenvalue weighted by Gasteiger charge is 2.45. The second-order valence-corrected chi connectivity index (χ2v) is 9.78. The summed E-state index contributed by atoms with van der Waals surface area (Å²) in [6.45, 7) is 6.29. The zero-order valence-electron chi connectivity index (χ0n) is 20.8. The van der Waals surface area contributed by atoms with E-state index in [9.17, 15) is 4.79 Å². The summed E-state index contributed by atoms with van der Waals surface area (Å²) in [5.41, 5.74) is 9.29. The second-order valence-electron chi connectivity index (χ2n) is 9.78. The summed E-state index contributed by atoms with van der Waals surface area (Å²) in [7, 11) is 0. The lowest BCUT2D eigenvalue weighted by molar-refractivity contribution is -0.121. The summed E-state index contributed by atoms with van der Waals surface area (Å²) in [5, 5.41) is 1.02. The van der Waals surface area contributed by atoms with E-state index in [0.29, 0.717) is 0 Å². The molecule has 4 aromatic rings. The number of rotatable bonds is 3. The van der Waals surface area contributed by atoms with E-state index in [0.717, 1.165) is 44.6 Å². The lowest BCUT2D eigenvalue weighted by Gasteiger charge is -2.43. The van der Waals surface area contributed by atoms with Gasteiger partial charge in [-0.1, -0.05) is 102 Å². The van der Waals surface area contributed by atoms with E-state index in [-0.39, 0.29) is 17.7 Å². The maximum atomic E-state index is 14.6. The van der Waals surface area contributed by atoms with Crippen molar-refractivity contribution in [2.24, 2.45) is 11.8 Å². The first-order chi connectivity index (χ1) is 17.5. The largest absolute Gasteiger partial charge is 0.277 e. The Bertz CT molecular complexity index is 1580. The summed E-state index contributed by atoms with van der Waals surface area (Å²) in [6, 6.07) is 29.0. The van der Waals surface area contributed by atoms with Gasteiger partial charge in [0.05, 0.1) is 22.8 Å². The molecule has 1 amide bonds. The highest BCUT2D eigenvalue weighted by Crippen LogP contribution is 2.50. The van der Waals surface area contributed by atoms with Crippen LogP contribution in [0.4, 0.5) is 5.69 Å². The molecule has 2 aliphatic rings. The minimum Gasteiger partial charge on any atom is -0.277 e. The maximum Gasteiger partial charge on any atom is 0.239 e. The number of pyridine rings is 1. The van der Waals surface area contributed by atoms with Crippen molar-refractivity contribution in [1.29, 1.82) is 0 Å². The van der Waals surface area contributed by atoms with E-state index in [1.54, 1.807) is 0 Å². The van der Waals surface area contributed by atoms with Crippen LogP contribution in [0.15, 0.2) is 114 Å². The Balaban J connectivity index is 1.77. The number of aromatic nitrogens is 1. The Labute approximate surface area is 212 Å². The lowest BCUT2D eigenvalue weighted by atomic mass is 9.70. The third-order valence-corrected chi connectivity index (χ3v) is 7.35. The van der Waals surface area contributed by atoms with Gasteiger partial charge in [-0.15, -0.1) is 0 Å².